The van der Waals surface area contributed by atoms with E-state index in [1.807, 2.05) is 31.5 Å². The molecule has 1 saturated heterocycles. The minimum Gasteiger partial charge on any atom is -0.547 e. The number of nitrogens with zero attached hydrogens (tertiary/aromatic N) is 6. The number of piperidine rings is 1. The number of halogens is 1. The van der Waals surface area contributed by atoms with Crippen LogP contribution in [0.3, 0.4) is 0 Å². The van der Waals surface area contributed by atoms with E-state index < -0.39 is 29.3 Å². The number of ether oxygens (including phenoxy) is 1. The van der Waals surface area contributed by atoms with Gasteiger partial charge in [-0.25, -0.2) is 18.9 Å². The smallest absolute Gasteiger partial charge is 0.547 e. The van der Waals surface area contributed by atoms with Gasteiger partial charge in [0.25, 0.3) is 5.91 Å². The summed E-state index contributed by atoms with van der Waals surface area (Å²) in [6.07, 6.45) is 7.79. The molecule has 1 unspecified atom stereocenters. The molecule has 0 N–H and O–H groups in total. The molecule has 2 aromatic heterocycles. The summed E-state index contributed by atoms with van der Waals surface area (Å²) in [5.41, 5.74) is 2.05. The Labute approximate surface area is 254 Å². The van der Waals surface area contributed by atoms with Crippen molar-refractivity contribution in [2.75, 3.05) is 13.1 Å². The van der Waals surface area contributed by atoms with Crippen LogP contribution in [0.25, 0.3) is 5.69 Å². The quantitative estimate of drug-likeness (QED) is 0.387. The van der Waals surface area contributed by atoms with Gasteiger partial charge in [0.2, 0.25) is 0 Å². The van der Waals surface area contributed by atoms with E-state index in [9.17, 15) is 19.5 Å². The van der Waals surface area contributed by atoms with Crippen LogP contribution in [0.2, 0.25) is 0 Å². The fourth-order valence-corrected chi connectivity index (χ4v) is 6.04. The van der Waals surface area contributed by atoms with E-state index in [0.717, 1.165) is 42.0 Å². The average Bonchev–Trinajstić information content (AvgIpc) is 3.70. The van der Waals surface area contributed by atoms with E-state index in [0.29, 0.717) is 25.2 Å². The van der Waals surface area contributed by atoms with Gasteiger partial charge in [-0.2, -0.15) is 5.10 Å². The molecule has 0 spiro atoms. The number of carboxylic acids is 1. The van der Waals surface area contributed by atoms with Crippen molar-refractivity contribution in [1.29, 1.82) is 0 Å². The van der Waals surface area contributed by atoms with Crippen LogP contribution in [0.15, 0.2) is 30.9 Å². The summed E-state index contributed by atoms with van der Waals surface area (Å²) < 4.78 is 24.2. The van der Waals surface area contributed by atoms with E-state index >= 15 is 4.39 Å². The third-order valence-corrected chi connectivity index (χ3v) is 8.07. The van der Waals surface area contributed by atoms with Crippen LogP contribution < -0.4 is 24.0 Å². The monoisotopic (exact) mass is 570 g/mol. The summed E-state index contributed by atoms with van der Waals surface area (Å²) in [7, 11) is 0. The second kappa shape index (κ2) is 11.2. The number of hydrogen-bond donors (Lipinski definition) is 0. The summed E-state index contributed by atoms with van der Waals surface area (Å²) >= 11 is 0. The summed E-state index contributed by atoms with van der Waals surface area (Å²) in [6, 6.07) is 1.45. The number of carbonyl (C=O) groups excluding carboxylic acids is 3. The van der Waals surface area contributed by atoms with Crippen molar-refractivity contribution in [3.8, 4) is 5.69 Å². The zero-order valence-corrected chi connectivity index (χ0v) is 24.3. The molecule has 0 radical (unpaired) electrons. The third-order valence-electron chi connectivity index (χ3n) is 8.07. The molecule has 0 saturated carbocycles. The normalized spacial score (nSPS) is 17.6. The molecule has 3 aliphatic heterocycles. The molecular weight excluding hydrogens is 538 g/mol. The molecule has 3 aromatic rings. The summed E-state index contributed by atoms with van der Waals surface area (Å²) in [6.45, 7) is 7.18. The Balaban J connectivity index is 0.00000353. The number of carbonyl (C=O) groups is 3. The van der Waals surface area contributed by atoms with Crippen molar-refractivity contribution < 1.29 is 47.5 Å². The van der Waals surface area contributed by atoms with E-state index in [-0.39, 0.29) is 54.2 Å². The summed E-state index contributed by atoms with van der Waals surface area (Å²) in [5, 5.41) is 16.7. The molecule has 2 amide bonds. The van der Waals surface area contributed by atoms with Crippen LogP contribution in [-0.2, 0) is 29.0 Å². The van der Waals surface area contributed by atoms with Gasteiger partial charge in [0.15, 0.2) is 0 Å². The minimum absolute atomic E-state index is 0. The zero-order valence-electron chi connectivity index (χ0n) is 24.3. The van der Waals surface area contributed by atoms with Crippen molar-refractivity contribution in [2.45, 2.75) is 77.1 Å². The first-order valence-electron chi connectivity index (χ1n) is 13.9. The van der Waals surface area contributed by atoms with Gasteiger partial charge >= 0.3 is 25.0 Å². The minimum atomic E-state index is -1.45. The number of amides is 2. The van der Waals surface area contributed by atoms with Crippen molar-refractivity contribution in [3.05, 3.63) is 64.7 Å². The van der Waals surface area contributed by atoms with Gasteiger partial charge < -0.3 is 29.0 Å². The topological polar surface area (TPSA) is 126 Å². The molecule has 0 bridgehead atoms. The van der Waals surface area contributed by atoms with Crippen LogP contribution in [0, 0.1) is 5.82 Å². The number of hydrogen-bond acceptors (Lipinski definition) is 7. The SMILES string of the molecule is CC(C)(C)OC(=O)N1CCC(c2cnn(-c3cc(F)c4c(c3)C(=O)N(C(C(=O)[O-])c3ncn5c3CCC5)C4)c2)CC1.[Li+]. The molecular formula is C29H32FLiN6O5. The van der Waals surface area contributed by atoms with Gasteiger partial charge in [0, 0.05) is 42.7 Å². The maximum atomic E-state index is 15.4. The molecule has 42 heavy (non-hydrogen) atoms. The van der Waals surface area contributed by atoms with Gasteiger partial charge in [-0.15, -0.1) is 0 Å². The molecule has 11 nitrogen and oxygen atoms in total. The van der Waals surface area contributed by atoms with E-state index in [4.69, 9.17) is 4.74 Å². The number of fused-ring (bicyclic) bond motifs is 2. The second-order valence-electron chi connectivity index (χ2n) is 11.9. The fourth-order valence-electron chi connectivity index (χ4n) is 6.04. The maximum Gasteiger partial charge on any atom is 1.00 e. The molecule has 3 aliphatic rings. The number of rotatable bonds is 5. The van der Waals surface area contributed by atoms with Crippen LogP contribution in [0.5, 0.6) is 0 Å². The summed E-state index contributed by atoms with van der Waals surface area (Å²) in [4.78, 5) is 45.2. The first kappa shape index (κ1) is 29.9. The Bertz CT molecular complexity index is 1540. The number of aryl methyl sites for hydroxylation is 1. The van der Waals surface area contributed by atoms with Crippen molar-refractivity contribution >= 4 is 18.0 Å². The Hall–Kier alpha value is -3.62. The molecule has 1 atom stereocenters. The van der Waals surface area contributed by atoms with Crippen LogP contribution in [-0.4, -0.2) is 65.8 Å². The van der Waals surface area contributed by atoms with Crippen LogP contribution >= 0.6 is 0 Å². The van der Waals surface area contributed by atoms with Crippen molar-refractivity contribution in [1.82, 2.24) is 29.1 Å². The van der Waals surface area contributed by atoms with Crippen molar-refractivity contribution in [2.24, 2.45) is 0 Å². The molecule has 0 aliphatic carbocycles. The van der Waals surface area contributed by atoms with Crippen LogP contribution in [0.1, 0.15) is 84.9 Å². The number of aliphatic carboxylic acids is 1. The molecule has 13 heteroatoms. The van der Waals surface area contributed by atoms with Gasteiger partial charge in [0.1, 0.15) is 17.5 Å². The molecule has 1 fully saturated rings. The third kappa shape index (κ3) is 5.45. The Morgan fingerprint density at radius 2 is 1.90 bits per heavy atom. The second-order valence-corrected chi connectivity index (χ2v) is 11.9. The largest absolute Gasteiger partial charge is 1.00 e. The number of carboxylic acid groups (broad SMARTS) is 1. The van der Waals surface area contributed by atoms with Crippen molar-refractivity contribution in [3.63, 3.8) is 0 Å². The number of aromatic nitrogens is 4. The Kier molecular flexibility index (Phi) is 7.98. The summed E-state index contributed by atoms with van der Waals surface area (Å²) in [5.74, 6) is -2.48. The number of benzene rings is 1. The molecule has 6 rings (SSSR count). The van der Waals surface area contributed by atoms with Gasteiger partial charge in [-0.3, -0.25) is 4.79 Å². The Morgan fingerprint density at radius 3 is 2.60 bits per heavy atom. The predicted molar refractivity (Wildman–Crippen MR) is 141 cm³/mol. The Morgan fingerprint density at radius 1 is 1.17 bits per heavy atom. The van der Waals surface area contributed by atoms with E-state index in [1.165, 1.54) is 10.7 Å². The van der Waals surface area contributed by atoms with E-state index in [2.05, 4.69) is 10.1 Å². The van der Waals surface area contributed by atoms with E-state index in [1.54, 1.807) is 23.5 Å². The predicted octanol–water partition coefficient (Wildman–Crippen LogP) is -0.280. The average molecular weight is 571 g/mol. The molecule has 1 aromatic carbocycles. The van der Waals surface area contributed by atoms with Gasteiger partial charge in [-0.1, -0.05) is 0 Å². The standard InChI is InChI=1S/C29H33FN6O5.Li/c1-29(2,3)41-28(40)33-9-6-17(7-10-33)18-13-32-36(14-18)19-11-20-21(22(30)12-19)15-35(26(20)37)25(27(38)39)24-23-5-4-8-34(23)16-31-24;/h11-14,16-17,25H,4-10,15H2,1-3H3,(H,38,39);/q;+1/p-1. The first-order valence-corrected chi connectivity index (χ1v) is 13.9. The van der Waals surface area contributed by atoms with Gasteiger partial charge in [-0.05, 0) is 70.1 Å². The zero-order chi connectivity index (χ0) is 29.1. The fraction of sp³-hybridized carbons (Fsp3) is 0.483. The maximum absolute atomic E-state index is 15.4. The number of likely N-dealkylation sites (tertiary alicyclic amines) is 1. The molecule has 216 valence electrons. The number of imidazole rings is 1. The van der Waals surface area contributed by atoms with Gasteiger partial charge in [0.05, 0.1) is 36.4 Å². The molecule has 5 heterocycles. The van der Waals surface area contributed by atoms with Crippen LogP contribution in [0.4, 0.5) is 9.18 Å². The first-order chi connectivity index (χ1) is 19.5.